The first-order valence-corrected chi connectivity index (χ1v) is 11.6. The largest absolute Gasteiger partial charge is 0.381 e. The highest BCUT2D eigenvalue weighted by Gasteiger charge is 2.25. The van der Waals surface area contributed by atoms with Gasteiger partial charge in [0.2, 0.25) is 5.95 Å². The maximum atomic E-state index is 14.1. The summed E-state index contributed by atoms with van der Waals surface area (Å²) in [6.45, 7) is 3.20. The van der Waals surface area contributed by atoms with Crippen molar-refractivity contribution in [3.8, 4) is 5.95 Å². The number of H-pyrrole nitrogens is 1. The van der Waals surface area contributed by atoms with Gasteiger partial charge in [0.05, 0.1) is 17.1 Å². The molecule has 1 unspecified atom stereocenters. The average molecular weight is 474 g/mol. The van der Waals surface area contributed by atoms with Crippen molar-refractivity contribution in [2.24, 2.45) is 0 Å². The van der Waals surface area contributed by atoms with Gasteiger partial charge in [0.15, 0.2) is 11.5 Å². The van der Waals surface area contributed by atoms with Crippen molar-refractivity contribution in [1.29, 1.82) is 0 Å². The third-order valence-corrected chi connectivity index (χ3v) is 6.49. The maximum absolute atomic E-state index is 14.1. The number of aromatic amines is 1. The molecule has 10 heteroatoms. The molecule has 2 aromatic carbocycles. The van der Waals surface area contributed by atoms with E-state index in [4.69, 9.17) is 14.7 Å². The molecule has 9 nitrogen and oxygen atoms in total. The summed E-state index contributed by atoms with van der Waals surface area (Å²) < 4.78 is 22.9. The minimum absolute atomic E-state index is 0.0378. The van der Waals surface area contributed by atoms with Crippen molar-refractivity contribution in [3.05, 3.63) is 76.7 Å². The number of nitrogens with one attached hydrogen (secondary N) is 2. The van der Waals surface area contributed by atoms with Gasteiger partial charge in [0.1, 0.15) is 17.7 Å². The first-order valence-electron chi connectivity index (χ1n) is 11.6. The van der Waals surface area contributed by atoms with Gasteiger partial charge in [-0.1, -0.05) is 30.3 Å². The molecule has 6 rings (SSSR count). The number of hydrogen-bond acceptors (Lipinski definition) is 6. The molecule has 0 spiro atoms. The third kappa shape index (κ3) is 3.85. The fourth-order valence-corrected chi connectivity index (χ4v) is 4.65. The van der Waals surface area contributed by atoms with Crippen LogP contribution in [0.15, 0.2) is 59.7 Å². The van der Waals surface area contributed by atoms with Gasteiger partial charge in [-0.3, -0.25) is 9.13 Å². The summed E-state index contributed by atoms with van der Waals surface area (Å²) >= 11 is 0. The van der Waals surface area contributed by atoms with Gasteiger partial charge < -0.3 is 15.0 Å². The molecular weight excluding hydrogens is 449 g/mol. The van der Waals surface area contributed by atoms with E-state index in [0.717, 1.165) is 5.56 Å². The summed E-state index contributed by atoms with van der Waals surface area (Å²) in [6.07, 6.45) is 3.00. The highest BCUT2D eigenvalue weighted by Crippen LogP contribution is 2.29. The highest BCUT2D eigenvalue weighted by molar-refractivity contribution is 5.85. The second-order valence-electron chi connectivity index (χ2n) is 8.74. The molecule has 3 aromatic heterocycles. The van der Waals surface area contributed by atoms with Crippen LogP contribution in [0.3, 0.4) is 0 Å². The number of fused-ring (bicyclic) bond motifs is 2. The molecule has 178 valence electrons. The lowest BCUT2D eigenvalue weighted by atomic mass is 10.1. The van der Waals surface area contributed by atoms with Crippen LogP contribution in [0, 0.1) is 5.82 Å². The van der Waals surface area contributed by atoms with E-state index in [9.17, 15) is 9.18 Å². The number of rotatable bonds is 5. The average Bonchev–Trinajstić information content (AvgIpc) is 3.45. The Hall–Kier alpha value is -4.05. The van der Waals surface area contributed by atoms with Crippen molar-refractivity contribution < 1.29 is 9.13 Å². The second-order valence-corrected chi connectivity index (χ2v) is 8.74. The van der Waals surface area contributed by atoms with E-state index in [0.29, 0.717) is 60.0 Å². The Morgan fingerprint density at radius 3 is 2.74 bits per heavy atom. The standard InChI is InChI=1S/C25H24FN7O2/c1-15(16-5-3-2-4-6-16)28-22-21-23(33(25(34)29-21)18-9-11-35-12-10-18)31-24(30-22)32-14-27-19-8-7-17(26)13-20(19)32/h2-8,13-15,18H,9-12H2,1H3,(H,29,34)(H,28,30,31). The van der Waals surface area contributed by atoms with E-state index in [1.807, 2.05) is 37.3 Å². The van der Waals surface area contributed by atoms with Crippen LogP contribution in [0.1, 0.15) is 37.4 Å². The summed E-state index contributed by atoms with van der Waals surface area (Å²) in [6, 6.07) is 14.2. The van der Waals surface area contributed by atoms with E-state index >= 15 is 0 Å². The Balaban J connectivity index is 1.54. The predicted molar refractivity (Wildman–Crippen MR) is 130 cm³/mol. The molecule has 0 amide bonds. The lowest BCUT2D eigenvalue weighted by Gasteiger charge is -2.23. The number of ether oxygens (including phenoxy) is 1. The topological polar surface area (TPSA) is 103 Å². The Kier molecular flexibility index (Phi) is 5.29. The van der Waals surface area contributed by atoms with Crippen molar-refractivity contribution in [2.75, 3.05) is 18.5 Å². The number of aromatic nitrogens is 6. The lowest BCUT2D eigenvalue weighted by molar-refractivity contribution is 0.0697. The van der Waals surface area contributed by atoms with Crippen LogP contribution in [0.4, 0.5) is 10.2 Å². The maximum Gasteiger partial charge on any atom is 0.328 e. The second kappa shape index (κ2) is 8.62. The molecule has 0 aliphatic carbocycles. The van der Waals surface area contributed by atoms with Crippen LogP contribution in [-0.4, -0.2) is 42.3 Å². The Bertz CT molecular complexity index is 1570. The Labute approximate surface area is 199 Å². The number of imidazole rings is 2. The van der Waals surface area contributed by atoms with Gasteiger partial charge in [-0.05, 0) is 37.5 Å². The minimum Gasteiger partial charge on any atom is -0.381 e. The fraction of sp³-hybridized carbons (Fsp3) is 0.280. The first-order chi connectivity index (χ1) is 17.1. The van der Waals surface area contributed by atoms with Gasteiger partial charge >= 0.3 is 5.69 Å². The monoisotopic (exact) mass is 473 g/mol. The van der Waals surface area contributed by atoms with E-state index in [-0.39, 0.29) is 23.6 Å². The number of anilines is 1. The molecule has 1 atom stereocenters. The van der Waals surface area contributed by atoms with E-state index in [1.165, 1.54) is 12.1 Å². The van der Waals surface area contributed by atoms with Crippen molar-refractivity contribution in [2.45, 2.75) is 31.8 Å². The minimum atomic E-state index is -0.378. The first kappa shape index (κ1) is 21.5. The number of halogens is 1. The summed E-state index contributed by atoms with van der Waals surface area (Å²) in [5.74, 6) is 0.410. The molecule has 1 fully saturated rings. The van der Waals surface area contributed by atoms with Crippen LogP contribution >= 0.6 is 0 Å². The van der Waals surface area contributed by atoms with Crippen LogP contribution in [0.25, 0.3) is 28.1 Å². The summed E-state index contributed by atoms with van der Waals surface area (Å²) in [5, 5.41) is 3.44. The number of benzene rings is 2. The van der Waals surface area contributed by atoms with Gasteiger partial charge in [0, 0.05) is 25.3 Å². The molecule has 1 aliphatic heterocycles. The molecule has 35 heavy (non-hydrogen) atoms. The third-order valence-electron chi connectivity index (χ3n) is 6.49. The van der Waals surface area contributed by atoms with Crippen LogP contribution < -0.4 is 11.0 Å². The quantitative estimate of drug-likeness (QED) is 0.398. The van der Waals surface area contributed by atoms with Crippen LogP contribution in [0.2, 0.25) is 0 Å². The Morgan fingerprint density at radius 2 is 1.94 bits per heavy atom. The smallest absolute Gasteiger partial charge is 0.328 e. The number of nitrogens with zero attached hydrogens (tertiary/aromatic N) is 5. The van der Waals surface area contributed by atoms with Crippen LogP contribution in [0.5, 0.6) is 0 Å². The molecule has 0 saturated carbocycles. The summed E-state index contributed by atoms with van der Waals surface area (Å²) in [7, 11) is 0. The van der Waals surface area contributed by atoms with Crippen LogP contribution in [-0.2, 0) is 4.74 Å². The van der Waals surface area contributed by atoms with Crippen molar-refractivity contribution in [1.82, 2.24) is 29.1 Å². The van der Waals surface area contributed by atoms with E-state index in [1.54, 1.807) is 21.5 Å². The molecule has 5 aromatic rings. The van der Waals surface area contributed by atoms with Crippen molar-refractivity contribution in [3.63, 3.8) is 0 Å². The highest BCUT2D eigenvalue weighted by atomic mass is 19.1. The van der Waals surface area contributed by atoms with Gasteiger partial charge in [-0.2, -0.15) is 9.97 Å². The normalized spacial score (nSPS) is 15.6. The summed E-state index contributed by atoms with van der Waals surface area (Å²) in [4.78, 5) is 30.0. The fourth-order valence-electron chi connectivity index (χ4n) is 4.65. The van der Waals surface area contributed by atoms with Gasteiger partial charge in [-0.15, -0.1) is 0 Å². The molecular formula is C25H24FN7O2. The zero-order valence-electron chi connectivity index (χ0n) is 19.1. The van der Waals surface area contributed by atoms with Crippen molar-refractivity contribution >= 4 is 28.0 Å². The SMILES string of the molecule is CC(Nc1nc(-n2cnc3ccc(F)cc32)nc2c1[nH]c(=O)n2C1CCOCC1)c1ccccc1. The summed E-state index contributed by atoms with van der Waals surface area (Å²) in [5.41, 5.74) is 3.02. The molecule has 1 saturated heterocycles. The molecule has 4 heterocycles. The zero-order valence-corrected chi connectivity index (χ0v) is 19.1. The molecule has 0 bridgehead atoms. The molecule has 1 aliphatic rings. The number of hydrogen-bond donors (Lipinski definition) is 2. The lowest BCUT2D eigenvalue weighted by Crippen LogP contribution is -2.27. The van der Waals surface area contributed by atoms with Gasteiger partial charge in [-0.25, -0.2) is 14.2 Å². The zero-order chi connectivity index (χ0) is 23.9. The van der Waals surface area contributed by atoms with E-state index in [2.05, 4.69) is 15.3 Å². The van der Waals surface area contributed by atoms with E-state index < -0.39 is 0 Å². The predicted octanol–water partition coefficient (Wildman–Crippen LogP) is 4.12. The molecule has 0 radical (unpaired) electrons. The van der Waals surface area contributed by atoms with Gasteiger partial charge in [0.25, 0.3) is 0 Å². The molecule has 2 N–H and O–H groups in total. The Morgan fingerprint density at radius 1 is 1.14 bits per heavy atom.